The number of carbonyl (C=O) groups excluding carboxylic acids is 1. The van der Waals surface area contributed by atoms with Gasteiger partial charge in [-0.3, -0.25) is 4.79 Å². The second-order valence-electron chi connectivity index (χ2n) is 7.03. The lowest BCUT2D eigenvalue weighted by molar-refractivity contribution is 0.0745. The van der Waals surface area contributed by atoms with Gasteiger partial charge in [-0.2, -0.15) is 0 Å². The maximum absolute atomic E-state index is 13.1. The molecule has 4 nitrogen and oxygen atoms in total. The Morgan fingerprint density at radius 3 is 2.42 bits per heavy atom. The van der Waals surface area contributed by atoms with E-state index in [1.165, 1.54) is 17.7 Å². The first kappa shape index (κ1) is 17.0. The summed E-state index contributed by atoms with van der Waals surface area (Å²) in [6.07, 6.45) is 1.09. The van der Waals surface area contributed by atoms with Gasteiger partial charge in [-0.1, -0.05) is 18.2 Å². The van der Waals surface area contributed by atoms with E-state index in [1.54, 1.807) is 12.1 Å². The third kappa shape index (κ3) is 3.44. The molecule has 2 aliphatic rings. The lowest BCUT2D eigenvalue weighted by atomic mass is 9.93. The number of halogens is 1. The first-order valence-corrected chi connectivity index (χ1v) is 9.32. The van der Waals surface area contributed by atoms with Crippen LogP contribution in [0.2, 0.25) is 0 Å². The molecule has 0 saturated carbocycles. The van der Waals surface area contributed by atoms with Crippen molar-refractivity contribution in [3.05, 3.63) is 65.5 Å². The van der Waals surface area contributed by atoms with Gasteiger partial charge in [0.25, 0.3) is 5.91 Å². The maximum atomic E-state index is 13.1. The van der Waals surface area contributed by atoms with E-state index in [0.29, 0.717) is 19.0 Å². The average Bonchev–Trinajstić information content (AvgIpc) is 3.23. The summed E-state index contributed by atoms with van der Waals surface area (Å²) in [6.45, 7) is 4.88. The Kier molecular flexibility index (Phi) is 4.89. The largest absolute Gasteiger partial charge is 0.368 e. The van der Waals surface area contributed by atoms with E-state index in [0.717, 1.165) is 43.9 Å². The van der Waals surface area contributed by atoms with E-state index in [1.807, 2.05) is 23.1 Å². The Morgan fingerprint density at radius 1 is 1.00 bits per heavy atom. The summed E-state index contributed by atoms with van der Waals surface area (Å²) in [7, 11) is 0. The van der Waals surface area contributed by atoms with Crippen LogP contribution >= 0.6 is 0 Å². The van der Waals surface area contributed by atoms with Crippen molar-refractivity contribution >= 4 is 11.6 Å². The number of hydrogen-bond donors (Lipinski definition) is 1. The highest BCUT2D eigenvalue weighted by Gasteiger charge is 2.27. The van der Waals surface area contributed by atoms with E-state index < -0.39 is 0 Å². The van der Waals surface area contributed by atoms with Crippen LogP contribution in [0.1, 0.15) is 28.3 Å². The van der Waals surface area contributed by atoms with Crippen LogP contribution in [0, 0.1) is 5.82 Å². The van der Waals surface area contributed by atoms with Crippen LogP contribution in [-0.2, 0) is 0 Å². The summed E-state index contributed by atoms with van der Waals surface area (Å²) < 4.78 is 13.1. The molecule has 5 heteroatoms. The summed E-state index contributed by atoms with van der Waals surface area (Å²) in [6, 6.07) is 14.6. The predicted molar refractivity (Wildman–Crippen MR) is 101 cm³/mol. The van der Waals surface area contributed by atoms with Crippen LogP contribution in [-0.4, -0.2) is 50.1 Å². The van der Waals surface area contributed by atoms with E-state index in [2.05, 4.69) is 16.3 Å². The molecule has 2 aliphatic heterocycles. The van der Waals surface area contributed by atoms with Gasteiger partial charge in [0.15, 0.2) is 0 Å². The zero-order chi connectivity index (χ0) is 17.9. The minimum absolute atomic E-state index is 0.131. The third-order valence-electron chi connectivity index (χ3n) is 5.45. The molecule has 1 N–H and O–H groups in total. The van der Waals surface area contributed by atoms with Crippen LogP contribution in [0.15, 0.2) is 48.5 Å². The predicted octanol–water partition coefficient (Wildman–Crippen LogP) is 2.87. The molecule has 136 valence electrons. The fourth-order valence-electron chi connectivity index (χ4n) is 3.96. The van der Waals surface area contributed by atoms with Gasteiger partial charge in [-0.05, 0) is 54.8 Å². The minimum Gasteiger partial charge on any atom is -0.368 e. The topological polar surface area (TPSA) is 35.6 Å². The molecule has 2 saturated heterocycles. The first-order valence-electron chi connectivity index (χ1n) is 9.32. The molecule has 1 amide bonds. The Labute approximate surface area is 153 Å². The van der Waals surface area contributed by atoms with Crippen molar-refractivity contribution in [2.45, 2.75) is 12.3 Å². The quantitative estimate of drug-likeness (QED) is 0.922. The lowest BCUT2D eigenvalue weighted by Crippen LogP contribution is -2.49. The zero-order valence-electron chi connectivity index (χ0n) is 14.8. The van der Waals surface area contributed by atoms with Crippen molar-refractivity contribution in [2.75, 3.05) is 44.2 Å². The highest BCUT2D eigenvalue weighted by Crippen LogP contribution is 2.27. The number of carbonyl (C=O) groups is 1. The van der Waals surface area contributed by atoms with Crippen molar-refractivity contribution < 1.29 is 9.18 Å². The molecule has 2 fully saturated rings. The van der Waals surface area contributed by atoms with Gasteiger partial charge in [0, 0.05) is 44.0 Å². The summed E-state index contributed by atoms with van der Waals surface area (Å²) in [4.78, 5) is 17.3. The molecule has 1 atom stereocenters. The van der Waals surface area contributed by atoms with Gasteiger partial charge in [-0.25, -0.2) is 4.39 Å². The fraction of sp³-hybridized carbons (Fsp3) is 0.381. The second kappa shape index (κ2) is 7.46. The standard InChI is InChI=1S/C21H24FN3O/c22-17-5-7-18(8-6-17)24-11-13-25(14-12-24)21(26)20-4-2-1-3-19(20)16-9-10-23-15-16/h1-8,16,23H,9-15H2/t16-/m1/s1. The van der Waals surface area contributed by atoms with Crippen LogP contribution in [0.4, 0.5) is 10.1 Å². The molecule has 0 bridgehead atoms. The summed E-state index contributed by atoms with van der Waals surface area (Å²) >= 11 is 0. The van der Waals surface area contributed by atoms with Gasteiger partial charge < -0.3 is 15.1 Å². The van der Waals surface area contributed by atoms with Gasteiger partial charge in [0.05, 0.1) is 0 Å². The molecule has 0 unspecified atom stereocenters. The molecular formula is C21H24FN3O. The minimum atomic E-state index is -0.222. The van der Waals surface area contributed by atoms with E-state index in [4.69, 9.17) is 0 Å². The lowest BCUT2D eigenvalue weighted by Gasteiger charge is -2.36. The molecule has 2 aromatic carbocycles. The van der Waals surface area contributed by atoms with Crippen molar-refractivity contribution in [1.82, 2.24) is 10.2 Å². The van der Waals surface area contributed by atoms with Crippen molar-refractivity contribution in [2.24, 2.45) is 0 Å². The molecule has 26 heavy (non-hydrogen) atoms. The van der Waals surface area contributed by atoms with Crippen molar-refractivity contribution in [3.63, 3.8) is 0 Å². The number of hydrogen-bond acceptors (Lipinski definition) is 3. The van der Waals surface area contributed by atoms with Gasteiger partial charge in [-0.15, -0.1) is 0 Å². The number of piperazine rings is 1. The Balaban J connectivity index is 1.45. The molecule has 0 aromatic heterocycles. The Bertz CT molecular complexity index is 763. The molecular weight excluding hydrogens is 329 g/mol. The van der Waals surface area contributed by atoms with E-state index in [-0.39, 0.29) is 11.7 Å². The fourth-order valence-corrected chi connectivity index (χ4v) is 3.96. The normalized spacial score (nSPS) is 20.4. The number of amides is 1. The number of rotatable bonds is 3. The Morgan fingerprint density at radius 2 is 1.73 bits per heavy atom. The van der Waals surface area contributed by atoms with Crippen LogP contribution in [0.3, 0.4) is 0 Å². The number of nitrogens with one attached hydrogen (secondary N) is 1. The van der Waals surface area contributed by atoms with E-state index >= 15 is 0 Å². The number of benzene rings is 2. The van der Waals surface area contributed by atoms with E-state index in [9.17, 15) is 9.18 Å². The van der Waals surface area contributed by atoms with Crippen molar-refractivity contribution in [3.8, 4) is 0 Å². The van der Waals surface area contributed by atoms with Crippen LogP contribution in [0.25, 0.3) is 0 Å². The van der Waals surface area contributed by atoms with Gasteiger partial charge >= 0.3 is 0 Å². The van der Waals surface area contributed by atoms with Gasteiger partial charge in [0.1, 0.15) is 5.82 Å². The first-order chi connectivity index (χ1) is 12.7. The third-order valence-corrected chi connectivity index (χ3v) is 5.45. The number of nitrogens with zero attached hydrogens (tertiary/aromatic N) is 2. The highest BCUT2D eigenvalue weighted by molar-refractivity contribution is 5.96. The summed E-state index contributed by atoms with van der Waals surface area (Å²) in [5, 5.41) is 3.39. The average molecular weight is 353 g/mol. The molecule has 0 aliphatic carbocycles. The molecule has 4 rings (SSSR count). The molecule has 0 radical (unpaired) electrons. The van der Waals surface area contributed by atoms with Gasteiger partial charge in [0.2, 0.25) is 0 Å². The van der Waals surface area contributed by atoms with Crippen LogP contribution < -0.4 is 10.2 Å². The van der Waals surface area contributed by atoms with Crippen molar-refractivity contribution in [1.29, 1.82) is 0 Å². The second-order valence-corrected chi connectivity index (χ2v) is 7.03. The molecule has 0 spiro atoms. The monoisotopic (exact) mass is 353 g/mol. The SMILES string of the molecule is O=C(c1ccccc1[C@@H]1CCNC1)N1CCN(c2ccc(F)cc2)CC1. The Hall–Kier alpha value is -2.40. The molecule has 2 heterocycles. The summed E-state index contributed by atoms with van der Waals surface area (Å²) in [5.74, 6) is 0.336. The highest BCUT2D eigenvalue weighted by atomic mass is 19.1. The van der Waals surface area contributed by atoms with Crippen LogP contribution in [0.5, 0.6) is 0 Å². The summed E-state index contributed by atoms with van der Waals surface area (Å²) in [5.41, 5.74) is 3.02. The zero-order valence-corrected chi connectivity index (χ0v) is 14.8. The number of anilines is 1. The molecule has 2 aromatic rings. The smallest absolute Gasteiger partial charge is 0.254 e. The maximum Gasteiger partial charge on any atom is 0.254 e.